The van der Waals surface area contributed by atoms with Crippen LogP contribution in [0.5, 0.6) is 0 Å². The number of tetrazole rings is 1. The number of nitrogens with zero attached hydrogens (tertiary/aromatic N) is 4. The van der Waals surface area contributed by atoms with E-state index in [0.717, 1.165) is 12.1 Å². The lowest BCUT2D eigenvalue weighted by Gasteiger charge is -2.19. The monoisotopic (exact) mass is 501 g/mol. The van der Waals surface area contributed by atoms with Crippen LogP contribution in [0.25, 0.3) is 5.69 Å². The van der Waals surface area contributed by atoms with Crippen molar-refractivity contribution in [3.05, 3.63) is 101 Å². The maximum Gasteiger partial charge on any atom is 0.416 e. The molecule has 1 aromatic heterocycles. The van der Waals surface area contributed by atoms with Crippen molar-refractivity contribution in [3.63, 3.8) is 0 Å². The molecule has 1 atom stereocenters. The number of anilines is 1. The summed E-state index contributed by atoms with van der Waals surface area (Å²) < 4.78 is 46.1. The molecule has 3 aromatic carbocycles. The molecule has 12 heteroatoms. The lowest BCUT2D eigenvalue weighted by atomic mass is 10.1. The van der Waals surface area contributed by atoms with E-state index in [9.17, 15) is 22.8 Å². The Morgan fingerprint density at radius 1 is 1.00 bits per heavy atom. The van der Waals surface area contributed by atoms with Gasteiger partial charge in [-0.05, 0) is 52.9 Å². The van der Waals surface area contributed by atoms with Crippen molar-refractivity contribution >= 4 is 29.2 Å². The molecule has 178 valence electrons. The van der Waals surface area contributed by atoms with Crippen LogP contribution in [0.4, 0.5) is 18.9 Å². The van der Waals surface area contributed by atoms with Crippen molar-refractivity contribution in [2.75, 3.05) is 5.32 Å². The lowest BCUT2D eigenvalue weighted by molar-refractivity contribution is -0.137. The molecule has 1 amide bonds. The highest BCUT2D eigenvalue weighted by Gasteiger charge is 2.32. The first-order valence-corrected chi connectivity index (χ1v) is 10.4. The van der Waals surface area contributed by atoms with Crippen LogP contribution in [-0.4, -0.2) is 32.1 Å². The van der Waals surface area contributed by atoms with Gasteiger partial charge >= 0.3 is 12.1 Å². The number of nitrogens with one attached hydrogen (secondary N) is 1. The third-order valence-electron chi connectivity index (χ3n) is 4.83. The summed E-state index contributed by atoms with van der Waals surface area (Å²) in [5.41, 5.74) is -0.232. The van der Waals surface area contributed by atoms with Crippen molar-refractivity contribution in [1.82, 2.24) is 20.2 Å². The van der Waals surface area contributed by atoms with Crippen LogP contribution in [0.3, 0.4) is 0 Å². The molecule has 0 saturated carbocycles. The molecule has 4 aromatic rings. The van der Waals surface area contributed by atoms with Gasteiger partial charge in [-0.2, -0.15) is 13.2 Å². The largest absolute Gasteiger partial charge is 0.444 e. The van der Waals surface area contributed by atoms with Crippen molar-refractivity contribution in [2.45, 2.75) is 12.3 Å². The molecular formula is C23H15ClF3N5O3. The number of aromatic nitrogens is 4. The average molecular weight is 502 g/mol. The molecule has 1 N–H and O–H groups in total. The van der Waals surface area contributed by atoms with Crippen molar-refractivity contribution in [1.29, 1.82) is 0 Å². The molecule has 0 aliphatic rings. The molecule has 0 spiro atoms. The molecule has 8 nitrogen and oxygen atoms in total. The Hall–Kier alpha value is -4.25. The SMILES string of the molecule is O=C(OC(C(=O)Nc1cc(C(F)(F)F)ccc1Cl)c1ccccc1)c1ccc(-n2cnnn2)cc1. The molecule has 4 rings (SSSR count). The van der Waals surface area contributed by atoms with Crippen LogP contribution in [0.2, 0.25) is 5.02 Å². The van der Waals surface area contributed by atoms with E-state index >= 15 is 0 Å². The number of hydrogen-bond donors (Lipinski definition) is 1. The van der Waals surface area contributed by atoms with Gasteiger partial charge in [0.15, 0.2) is 0 Å². The second-order valence-electron chi connectivity index (χ2n) is 7.18. The van der Waals surface area contributed by atoms with E-state index in [4.69, 9.17) is 16.3 Å². The van der Waals surface area contributed by atoms with Crippen LogP contribution >= 0.6 is 11.6 Å². The Labute approximate surface area is 201 Å². The summed E-state index contributed by atoms with van der Waals surface area (Å²) in [6.45, 7) is 0. The predicted octanol–water partition coefficient (Wildman–Crippen LogP) is 4.87. The fourth-order valence-electron chi connectivity index (χ4n) is 3.10. The van der Waals surface area contributed by atoms with Gasteiger partial charge in [-0.25, -0.2) is 9.48 Å². The summed E-state index contributed by atoms with van der Waals surface area (Å²) in [7, 11) is 0. The number of halogens is 4. The number of esters is 1. The topological polar surface area (TPSA) is 99.0 Å². The summed E-state index contributed by atoms with van der Waals surface area (Å²) in [5, 5.41) is 13.0. The van der Waals surface area contributed by atoms with Gasteiger partial charge in [-0.1, -0.05) is 41.9 Å². The highest BCUT2D eigenvalue weighted by Crippen LogP contribution is 2.34. The third-order valence-corrected chi connectivity index (χ3v) is 5.16. The number of benzene rings is 3. The second kappa shape index (κ2) is 9.94. The minimum atomic E-state index is -4.64. The second-order valence-corrected chi connectivity index (χ2v) is 7.59. The van der Waals surface area contributed by atoms with Gasteiger partial charge in [-0.3, -0.25) is 4.79 Å². The van der Waals surface area contributed by atoms with Gasteiger partial charge in [0.1, 0.15) is 6.33 Å². The Morgan fingerprint density at radius 2 is 1.71 bits per heavy atom. The Morgan fingerprint density at radius 3 is 2.34 bits per heavy atom. The summed E-state index contributed by atoms with van der Waals surface area (Å²) in [4.78, 5) is 25.9. The predicted molar refractivity (Wildman–Crippen MR) is 119 cm³/mol. The molecule has 1 unspecified atom stereocenters. The normalized spacial score (nSPS) is 12.1. The zero-order valence-electron chi connectivity index (χ0n) is 17.6. The first-order chi connectivity index (χ1) is 16.7. The number of amides is 1. The van der Waals surface area contributed by atoms with Crippen LogP contribution < -0.4 is 5.32 Å². The summed E-state index contributed by atoms with van der Waals surface area (Å²) in [6, 6.07) is 16.7. The third kappa shape index (κ3) is 5.64. The van der Waals surface area contributed by atoms with Gasteiger partial charge in [0.2, 0.25) is 6.10 Å². The Balaban J connectivity index is 1.57. The smallest absolute Gasteiger partial charge is 0.416 e. The molecule has 0 saturated heterocycles. The Bertz CT molecular complexity index is 1330. The zero-order valence-corrected chi connectivity index (χ0v) is 18.4. The molecule has 1 heterocycles. The molecule has 0 bridgehead atoms. The summed E-state index contributed by atoms with van der Waals surface area (Å²) >= 11 is 5.99. The van der Waals surface area contributed by atoms with E-state index in [1.807, 2.05) is 0 Å². The van der Waals surface area contributed by atoms with Gasteiger partial charge < -0.3 is 10.1 Å². The number of carbonyl (C=O) groups is 2. The van der Waals surface area contributed by atoms with E-state index < -0.39 is 29.7 Å². The Kier molecular flexibility index (Phi) is 6.78. The number of ether oxygens (including phenoxy) is 1. The van der Waals surface area contributed by atoms with Crippen LogP contribution in [0.15, 0.2) is 79.1 Å². The quantitative estimate of drug-likeness (QED) is 0.378. The first kappa shape index (κ1) is 23.9. The molecule has 35 heavy (non-hydrogen) atoms. The molecule has 0 aliphatic heterocycles. The van der Waals surface area contributed by atoms with Crippen LogP contribution in [-0.2, 0) is 15.7 Å². The maximum absolute atomic E-state index is 13.1. The van der Waals surface area contributed by atoms with Gasteiger partial charge in [0.05, 0.1) is 27.5 Å². The van der Waals surface area contributed by atoms with Crippen molar-refractivity contribution in [3.8, 4) is 5.69 Å². The highest BCUT2D eigenvalue weighted by atomic mass is 35.5. The number of rotatable bonds is 6. The van der Waals surface area contributed by atoms with E-state index in [2.05, 4.69) is 20.8 Å². The van der Waals surface area contributed by atoms with E-state index in [1.54, 1.807) is 42.5 Å². The van der Waals surface area contributed by atoms with Crippen LogP contribution in [0, 0.1) is 0 Å². The first-order valence-electron chi connectivity index (χ1n) is 9.99. The maximum atomic E-state index is 13.1. The van der Waals surface area contributed by atoms with Gasteiger partial charge in [0.25, 0.3) is 5.91 Å². The minimum Gasteiger partial charge on any atom is -0.444 e. The minimum absolute atomic E-state index is 0.109. The van der Waals surface area contributed by atoms with E-state index in [1.165, 1.54) is 23.1 Å². The zero-order chi connectivity index (χ0) is 25.0. The standard InChI is InChI=1S/C23H15ClF3N5O3/c24-18-11-8-16(23(25,26)27)12-19(18)29-21(33)20(14-4-2-1-3-5-14)35-22(34)15-6-9-17(10-7-15)32-13-28-30-31-32/h1-13,20H,(H,29,33). The molecular weight excluding hydrogens is 487 g/mol. The molecule has 0 fully saturated rings. The average Bonchev–Trinajstić information content (AvgIpc) is 3.39. The molecule has 0 aliphatic carbocycles. The fraction of sp³-hybridized carbons (Fsp3) is 0.0870. The summed E-state index contributed by atoms with van der Waals surface area (Å²) in [6.07, 6.45) is -4.72. The highest BCUT2D eigenvalue weighted by molar-refractivity contribution is 6.33. The lowest BCUT2D eigenvalue weighted by Crippen LogP contribution is -2.26. The number of hydrogen-bond acceptors (Lipinski definition) is 6. The van der Waals surface area contributed by atoms with E-state index in [-0.39, 0.29) is 16.3 Å². The van der Waals surface area contributed by atoms with E-state index in [0.29, 0.717) is 17.3 Å². The van der Waals surface area contributed by atoms with Crippen LogP contribution in [0.1, 0.15) is 27.6 Å². The van der Waals surface area contributed by atoms with Gasteiger partial charge in [-0.15, -0.1) is 5.10 Å². The number of carbonyl (C=O) groups excluding carboxylic acids is 2. The number of alkyl halides is 3. The van der Waals surface area contributed by atoms with Crippen molar-refractivity contribution in [2.24, 2.45) is 0 Å². The summed E-state index contributed by atoms with van der Waals surface area (Å²) in [5.74, 6) is -1.71. The molecule has 0 radical (unpaired) electrons. The van der Waals surface area contributed by atoms with Crippen molar-refractivity contribution < 1.29 is 27.5 Å². The fourth-order valence-corrected chi connectivity index (χ4v) is 3.27. The van der Waals surface area contributed by atoms with Gasteiger partial charge in [0, 0.05) is 5.56 Å².